The smallest absolute Gasteiger partial charge is 0.144 e. The third-order valence-corrected chi connectivity index (χ3v) is 3.77. The summed E-state index contributed by atoms with van der Waals surface area (Å²) < 4.78 is 0. The van der Waals surface area contributed by atoms with Crippen LogP contribution in [0.1, 0.15) is 44.7 Å². The number of benzene rings is 1. The van der Waals surface area contributed by atoms with Gasteiger partial charge in [-0.2, -0.15) is 0 Å². The number of hydrogen-bond donors (Lipinski definition) is 3. The Kier molecular flexibility index (Phi) is 6.52. The molecule has 20 heavy (non-hydrogen) atoms. The summed E-state index contributed by atoms with van der Waals surface area (Å²) in [4.78, 5) is 0. The molecule has 4 heteroatoms. The molecule has 0 aromatic heterocycles. The molecule has 0 fully saturated rings. The SMILES string of the molecule is CCc1ccccc1CNCCCC(C)(C)C(N)=NO. The quantitative estimate of drug-likeness (QED) is 0.225. The average molecular weight is 277 g/mol. The van der Waals surface area contributed by atoms with Crippen LogP contribution in [-0.4, -0.2) is 17.6 Å². The summed E-state index contributed by atoms with van der Waals surface area (Å²) in [5.41, 5.74) is 8.19. The molecule has 0 saturated carbocycles. The summed E-state index contributed by atoms with van der Waals surface area (Å²) in [5, 5.41) is 15.3. The Labute approximate surface area is 122 Å². The molecule has 1 aromatic carbocycles. The number of nitrogens with two attached hydrogens (primary N) is 1. The van der Waals surface area contributed by atoms with Gasteiger partial charge in [0.25, 0.3) is 0 Å². The van der Waals surface area contributed by atoms with Crippen LogP contribution in [0.4, 0.5) is 0 Å². The highest BCUT2D eigenvalue weighted by Gasteiger charge is 2.22. The molecule has 0 radical (unpaired) electrons. The third-order valence-electron chi connectivity index (χ3n) is 3.77. The van der Waals surface area contributed by atoms with Crippen LogP contribution in [-0.2, 0) is 13.0 Å². The number of nitrogens with zero attached hydrogens (tertiary/aromatic N) is 1. The van der Waals surface area contributed by atoms with Gasteiger partial charge in [-0.25, -0.2) is 0 Å². The highest BCUT2D eigenvalue weighted by molar-refractivity contribution is 5.85. The second-order valence-electron chi connectivity index (χ2n) is 5.77. The Morgan fingerprint density at radius 3 is 2.55 bits per heavy atom. The van der Waals surface area contributed by atoms with E-state index in [1.54, 1.807) is 0 Å². The van der Waals surface area contributed by atoms with Gasteiger partial charge in [0.2, 0.25) is 0 Å². The Morgan fingerprint density at radius 1 is 1.30 bits per heavy atom. The third kappa shape index (κ3) is 4.85. The maximum atomic E-state index is 8.73. The Hall–Kier alpha value is -1.55. The Bertz CT molecular complexity index is 441. The van der Waals surface area contributed by atoms with Crippen LogP contribution in [0, 0.1) is 5.41 Å². The van der Waals surface area contributed by atoms with Crippen LogP contribution < -0.4 is 11.1 Å². The molecule has 112 valence electrons. The number of amidine groups is 1. The topological polar surface area (TPSA) is 70.6 Å². The number of aryl methyl sites for hydroxylation is 1. The minimum absolute atomic E-state index is 0.252. The summed E-state index contributed by atoms with van der Waals surface area (Å²) in [5.74, 6) is 0.300. The van der Waals surface area contributed by atoms with E-state index in [0.717, 1.165) is 32.4 Å². The van der Waals surface area contributed by atoms with E-state index in [9.17, 15) is 0 Å². The van der Waals surface area contributed by atoms with Crippen molar-refractivity contribution in [3.8, 4) is 0 Å². The van der Waals surface area contributed by atoms with Crippen molar-refractivity contribution in [2.45, 2.75) is 46.6 Å². The zero-order valence-electron chi connectivity index (χ0n) is 12.8. The normalized spacial score (nSPS) is 12.7. The zero-order valence-corrected chi connectivity index (χ0v) is 12.8. The Balaban J connectivity index is 2.32. The molecule has 0 unspecified atom stereocenters. The number of rotatable bonds is 8. The van der Waals surface area contributed by atoms with Crippen LogP contribution in [0.3, 0.4) is 0 Å². The fraction of sp³-hybridized carbons (Fsp3) is 0.562. The fourth-order valence-electron chi connectivity index (χ4n) is 2.22. The monoisotopic (exact) mass is 277 g/mol. The molecule has 0 atom stereocenters. The Morgan fingerprint density at radius 2 is 1.95 bits per heavy atom. The van der Waals surface area contributed by atoms with Crippen LogP contribution in [0.2, 0.25) is 0 Å². The van der Waals surface area contributed by atoms with E-state index in [1.807, 2.05) is 13.8 Å². The van der Waals surface area contributed by atoms with E-state index in [0.29, 0.717) is 5.84 Å². The molecule has 1 aromatic rings. The van der Waals surface area contributed by atoms with Gasteiger partial charge in [-0.15, -0.1) is 0 Å². The molecule has 0 aliphatic rings. The van der Waals surface area contributed by atoms with Crippen molar-refractivity contribution in [2.75, 3.05) is 6.54 Å². The lowest BCUT2D eigenvalue weighted by atomic mass is 9.86. The maximum absolute atomic E-state index is 8.73. The number of oxime groups is 1. The molecule has 1 rings (SSSR count). The van der Waals surface area contributed by atoms with Gasteiger partial charge in [-0.05, 0) is 36.9 Å². The summed E-state index contributed by atoms with van der Waals surface area (Å²) >= 11 is 0. The lowest BCUT2D eigenvalue weighted by molar-refractivity contribution is 0.304. The van der Waals surface area contributed by atoms with Crippen molar-refractivity contribution in [1.82, 2.24) is 5.32 Å². The minimum Gasteiger partial charge on any atom is -0.409 e. The first-order chi connectivity index (χ1) is 9.51. The van der Waals surface area contributed by atoms with Gasteiger partial charge < -0.3 is 16.3 Å². The zero-order chi connectivity index (χ0) is 15.0. The molecular formula is C16H27N3O. The van der Waals surface area contributed by atoms with Gasteiger partial charge in [0, 0.05) is 12.0 Å². The van der Waals surface area contributed by atoms with E-state index < -0.39 is 0 Å². The van der Waals surface area contributed by atoms with E-state index in [2.05, 4.69) is 41.7 Å². The largest absolute Gasteiger partial charge is 0.409 e. The molecular weight excluding hydrogens is 250 g/mol. The van der Waals surface area contributed by atoms with E-state index >= 15 is 0 Å². The van der Waals surface area contributed by atoms with E-state index in [-0.39, 0.29) is 5.41 Å². The predicted molar refractivity (Wildman–Crippen MR) is 84.0 cm³/mol. The van der Waals surface area contributed by atoms with Gasteiger partial charge >= 0.3 is 0 Å². The first-order valence-corrected chi connectivity index (χ1v) is 7.26. The second-order valence-corrected chi connectivity index (χ2v) is 5.77. The predicted octanol–water partition coefficient (Wildman–Crippen LogP) is 2.89. The molecule has 0 spiro atoms. The summed E-state index contributed by atoms with van der Waals surface area (Å²) in [6.07, 6.45) is 2.96. The van der Waals surface area contributed by atoms with Gasteiger partial charge in [0.15, 0.2) is 0 Å². The van der Waals surface area contributed by atoms with Crippen molar-refractivity contribution in [2.24, 2.45) is 16.3 Å². The summed E-state index contributed by atoms with van der Waals surface area (Å²) in [6, 6.07) is 8.52. The van der Waals surface area contributed by atoms with E-state index in [1.165, 1.54) is 11.1 Å². The van der Waals surface area contributed by atoms with Crippen LogP contribution in [0.25, 0.3) is 0 Å². The molecule has 0 bridgehead atoms. The van der Waals surface area contributed by atoms with Crippen LogP contribution in [0.5, 0.6) is 0 Å². The lowest BCUT2D eigenvalue weighted by Crippen LogP contribution is -2.32. The summed E-state index contributed by atoms with van der Waals surface area (Å²) in [6.45, 7) is 8.00. The molecule has 4 nitrogen and oxygen atoms in total. The van der Waals surface area contributed by atoms with Gasteiger partial charge in [0.1, 0.15) is 5.84 Å². The average Bonchev–Trinajstić information content (AvgIpc) is 2.46. The molecule has 0 saturated heterocycles. The number of hydrogen-bond acceptors (Lipinski definition) is 3. The number of nitrogens with one attached hydrogen (secondary N) is 1. The maximum Gasteiger partial charge on any atom is 0.144 e. The minimum atomic E-state index is -0.252. The van der Waals surface area contributed by atoms with Crippen molar-refractivity contribution in [3.05, 3.63) is 35.4 Å². The molecule has 0 aliphatic carbocycles. The van der Waals surface area contributed by atoms with Gasteiger partial charge in [-0.3, -0.25) is 0 Å². The molecule has 0 amide bonds. The van der Waals surface area contributed by atoms with Crippen molar-refractivity contribution in [1.29, 1.82) is 0 Å². The van der Waals surface area contributed by atoms with Crippen molar-refractivity contribution in [3.63, 3.8) is 0 Å². The summed E-state index contributed by atoms with van der Waals surface area (Å²) in [7, 11) is 0. The van der Waals surface area contributed by atoms with Gasteiger partial charge in [0.05, 0.1) is 0 Å². The molecule has 4 N–H and O–H groups in total. The van der Waals surface area contributed by atoms with Crippen molar-refractivity contribution >= 4 is 5.84 Å². The first-order valence-electron chi connectivity index (χ1n) is 7.26. The molecule has 0 aliphatic heterocycles. The van der Waals surface area contributed by atoms with Crippen LogP contribution in [0.15, 0.2) is 29.4 Å². The first kappa shape index (κ1) is 16.5. The lowest BCUT2D eigenvalue weighted by Gasteiger charge is -2.22. The standard InChI is InChI=1S/C16H27N3O/c1-4-13-8-5-6-9-14(13)12-18-11-7-10-16(2,3)15(17)19-20/h5-6,8-9,18,20H,4,7,10-12H2,1-3H3,(H2,17,19). The fourth-order valence-corrected chi connectivity index (χ4v) is 2.22. The molecule has 0 heterocycles. The van der Waals surface area contributed by atoms with Crippen LogP contribution >= 0.6 is 0 Å². The second kappa shape index (κ2) is 7.90. The van der Waals surface area contributed by atoms with Gasteiger partial charge in [-0.1, -0.05) is 50.2 Å². The van der Waals surface area contributed by atoms with E-state index in [4.69, 9.17) is 10.9 Å². The van der Waals surface area contributed by atoms with Crippen molar-refractivity contribution < 1.29 is 5.21 Å². The highest BCUT2D eigenvalue weighted by atomic mass is 16.4. The highest BCUT2D eigenvalue weighted by Crippen LogP contribution is 2.21.